The number of piperidine rings is 3. The molecule has 3 heterocycles. The second-order valence-corrected chi connectivity index (χ2v) is 10.4. The fraction of sp³-hybridized carbons (Fsp3) is 0.481. The van der Waals surface area contributed by atoms with Gasteiger partial charge in [-0.3, -0.25) is 0 Å². The van der Waals surface area contributed by atoms with E-state index in [0.29, 0.717) is 23.5 Å². The van der Waals surface area contributed by atoms with Crippen molar-refractivity contribution in [3.05, 3.63) is 66.2 Å². The van der Waals surface area contributed by atoms with Crippen LogP contribution in [0.15, 0.2) is 60.7 Å². The smallest absolute Gasteiger partial charge is 0.362 e. The average Bonchev–Trinajstić information content (AvgIpc) is 2.78. The van der Waals surface area contributed by atoms with Crippen LogP contribution in [0, 0.1) is 5.92 Å². The van der Waals surface area contributed by atoms with E-state index in [-0.39, 0.29) is 35.0 Å². The first kappa shape index (κ1) is 26.2. The largest absolute Gasteiger partial charge is 1.00 e. The van der Waals surface area contributed by atoms with Gasteiger partial charge in [-0.2, -0.15) is 0 Å². The van der Waals surface area contributed by atoms with Crippen LogP contribution in [0.1, 0.15) is 45.2 Å². The predicted octanol–water partition coefficient (Wildman–Crippen LogP) is 1.34. The van der Waals surface area contributed by atoms with Gasteiger partial charge in [0.1, 0.15) is 12.1 Å². The first-order valence-corrected chi connectivity index (χ1v) is 11.9. The fourth-order valence-corrected chi connectivity index (χ4v) is 5.07. The molecular formula is C27H35BrN2O4. The molecule has 2 aromatic rings. The van der Waals surface area contributed by atoms with Crippen molar-refractivity contribution in [2.45, 2.75) is 51.4 Å². The van der Waals surface area contributed by atoms with Gasteiger partial charge < -0.3 is 36.3 Å². The lowest BCUT2D eigenvalue weighted by molar-refractivity contribution is -0.939. The van der Waals surface area contributed by atoms with Crippen molar-refractivity contribution < 1.29 is 40.5 Å². The Balaban J connectivity index is 0.00000324. The lowest BCUT2D eigenvalue weighted by atomic mass is 9.83. The Morgan fingerprint density at radius 2 is 1.59 bits per heavy atom. The zero-order valence-corrected chi connectivity index (χ0v) is 21.8. The topological polar surface area (TPSA) is 64.6 Å². The third kappa shape index (κ3) is 6.60. The van der Waals surface area contributed by atoms with E-state index >= 15 is 0 Å². The highest BCUT2D eigenvalue weighted by Crippen LogP contribution is 2.36. The molecular weight excluding hydrogens is 496 g/mol. The van der Waals surface area contributed by atoms with Gasteiger partial charge in [0.05, 0.1) is 13.1 Å². The Labute approximate surface area is 213 Å². The van der Waals surface area contributed by atoms with Crippen LogP contribution < -0.4 is 22.3 Å². The third-order valence-corrected chi connectivity index (χ3v) is 6.65. The summed E-state index contributed by atoms with van der Waals surface area (Å²) in [5.74, 6) is -0.110. The number of nitrogens with one attached hydrogen (secondary N) is 1. The molecule has 0 radical (unpaired) electrons. The molecule has 2 aromatic carbocycles. The SMILES string of the molecule is CC(C)(C)OC(=O)C[N+]12CCC(CC1)[C@@H](OC(=O)C(Nc1ccccc1)c1ccccc1)C2.[Br-]. The first-order valence-electron chi connectivity index (χ1n) is 11.9. The molecule has 5 rings (SSSR count). The molecule has 0 aromatic heterocycles. The van der Waals surface area contributed by atoms with Gasteiger partial charge in [0.25, 0.3) is 0 Å². The second-order valence-electron chi connectivity index (χ2n) is 10.4. The number of carbonyl (C=O) groups is 2. The van der Waals surface area contributed by atoms with Gasteiger partial charge in [-0.05, 0) is 38.5 Å². The van der Waals surface area contributed by atoms with Gasteiger partial charge in [0.2, 0.25) is 0 Å². The molecule has 184 valence electrons. The van der Waals surface area contributed by atoms with Crippen LogP contribution in [0.3, 0.4) is 0 Å². The maximum Gasteiger partial charge on any atom is 0.362 e. The molecule has 3 saturated heterocycles. The number of rotatable bonds is 7. The van der Waals surface area contributed by atoms with E-state index in [1.54, 1.807) is 0 Å². The fourth-order valence-electron chi connectivity index (χ4n) is 5.07. The van der Waals surface area contributed by atoms with Gasteiger partial charge in [0.15, 0.2) is 18.7 Å². The monoisotopic (exact) mass is 530 g/mol. The van der Waals surface area contributed by atoms with Crippen LogP contribution in [-0.4, -0.2) is 54.3 Å². The molecule has 0 amide bonds. The van der Waals surface area contributed by atoms with Crippen molar-refractivity contribution >= 4 is 17.6 Å². The van der Waals surface area contributed by atoms with E-state index in [1.165, 1.54) is 0 Å². The number of benzene rings is 2. The lowest BCUT2D eigenvalue weighted by Gasteiger charge is -2.51. The molecule has 0 aliphatic carbocycles. The maximum atomic E-state index is 13.4. The Bertz CT molecular complexity index is 954. The second kappa shape index (κ2) is 10.9. The summed E-state index contributed by atoms with van der Waals surface area (Å²) in [4.78, 5) is 26.0. The Kier molecular flexibility index (Phi) is 8.42. The molecule has 1 unspecified atom stereocenters. The summed E-state index contributed by atoms with van der Waals surface area (Å²) >= 11 is 0. The van der Waals surface area contributed by atoms with E-state index in [0.717, 1.165) is 37.2 Å². The average molecular weight is 531 g/mol. The first-order chi connectivity index (χ1) is 15.7. The molecule has 3 aliphatic heterocycles. The van der Waals surface area contributed by atoms with Gasteiger partial charge in [0, 0.05) is 24.4 Å². The number of halogens is 1. The minimum absolute atomic E-state index is 0. The summed E-state index contributed by atoms with van der Waals surface area (Å²) in [6.07, 6.45) is 1.73. The molecule has 34 heavy (non-hydrogen) atoms. The molecule has 1 N–H and O–H groups in total. The highest BCUT2D eigenvalue weighted by Gasteiger charge is 2.49. The zero-order valence-electron chi connectivity index (χ0n) is 20.2. The maximum absolute atomic E-state index is 13.4. The highest BCUT2D eigenvalue weighted by atomic mass is 79.9. The summed E-state index contributed by atoms with van der Waals surface area (Å²) in [5, 5.41) is 3.34. The van der Waals surface area contributed by atoms with Crippen molar-refractivity contribution in [2.24, 2.45) is 5.92 Å². The summed E-state index contributed by atoms with van der Waals surface area (Å²) in [7, 11) is 0. The number of anilines is 1. The van der Waals surface area contributed by atoms with Gasteiger partial charge >= 0.3 is 11.9 Å². The molecule has 3 aliphatic rings. The minimum atomic E-state index is -0.594. The number of hydrogen-bond donors (Lipinski definition) is 1. The standard InChI is InChI=1S/C27H35N2O4.BrH/c1-27(2,3)33-24(30)19-29-16-14-20(15-17-29)23(18-29)32-26(31)25(21-10-6-4-7-11-21)28-22-12-8-5-9-13-22;/h4-13,20,23,25,28H,14-19H2,1-3H3;1H/q+1;/p-1/t20?,23-,25?,29?;/m0./s1. The molecule has 3 fully saturated rings. The van der Waals surface area contributed by atoms with Gasteiger partial charge in [-0.1, -0.05) is 48.5 Å². The molecule has 2 atom stereocenters. The van der Waals surface area contributed by atoms with Crippen molar-refractivity contribution in [2.75, 3.05) is 31.5 Å². The van der Waals surface area contributed by atoms with E-state index in [2.05, 4.69) is 5.32 Å². The zero-order chi connectivity index (χ0) is 23.5. The number of hydrogen-bond acceptors (Lipinski definition) is 5. The van der Waals surface area contributed by atoms with Crippen LogP contribution in [0.2, 0.25) is 0 Å². The lowest BCUT2D eigenvalue weighted by Crippen LogP contribution is -3.00. The van der Waals surface area contributed by atoms with E-state index in [1.807, 2.05) is 81.4 Å². The van der Waals surface area contributed by atoms with Crippen molar-refractivity contribution in [1.29, 1.82) is 0 Å². The number of nitrogens with zero attached hydrogens (tertiary/aromatic N) is 1. The van der Waals surface area contributed by atoms with Crippen molar-refractivity contribution in [3.8, 4) is 0 Å². The number of fused-ring (bicyclic) bond motifs is 3. The molecule has 0 spiro atoms. The van der Waals surface area contributed by atoms with E-state index in [9.17, 15) is 9.59 Å². The Hall–Kier alpha value is -2.38. The van der Waals surface area contributed by atoms with Crippen LogP contribution in [0.4, 0.5) is 5.69 Å². The molecule has 2 bridgehead atoms. The van der Waals surface area contributed by atoms with Crippen molar-refractivity contribution in [1.82, 2.24) is 0 Å². The van der Waals surface area contributed by atoms with Crippen LogP contribution in [-0.2, 0) is 19.1 Å². The van der Waals surface area contributed by atoms with Crippen LogP contribution in [0.25, 0.3) is 0 Å². The Morgan fingerprint density at radius 3 is 2.18 bits per heavy atom. The van der Waals surface area contributed by atoms with Crippen LogP contribution >= 0.6 is 0 Å². The highest BCUT2D eigenvalue weighted by molar-refractivity contribution is 5.81. The van der Waals surface area contributed by atoms with Gasteiger partial charge in [-0.25, -0.2) is 9.59 Å². The third-order valence-electron chi connectivity index (χ3n) is 6.65. The predicted molar refractivity (Wildman–Crippen MR) is 127 cm³/mol. The molecule has 6 nitrogen and oxygen atoms in total. The Morgan fingerprint density at radius 1 is 1.00 bits per heavy atom. The van der Waals surface area contributed by atoms with E-state index in [4.69, 9.17) is 9.47 Å². The number of para-hydroxylation sites is 1. The van der Waals surface area contributed by atoms with E-state index < -0.39 is 11.6 Å². The van der Waals surface area contributed by atoms with Crippen LogP contribution in [0.5, 0.6) is 0 Å². The number of ether oxygens (including phenoxy) is 2. The minimum Gasteiger partial charge on any atom is -1.00 e. The molecule has 0 saturated carbocycles. The number of carbonyl (C=O) groups excluding carboxylic acids is 2. The number of quaternary nitrogens is 1. The van der Waals surface area contributed by atoms with Gasteiger partial charge in [-0.15, -0.1) is 0 Å². The number of esters is 2. The summed E-state index contributed by atoms with van der Waals surface area (Å²) in [5.41, 5.74) is 1.23. The van der Waals surface area contributed by atoms with Crippen molar-refractivity contribution in [3.63, 3.8) is 0 Å². The normalized spacial score (nSPS) is 24.4. The molecule has 7 heteroatoms. The summed E-state index contributed by atoms with van der Waals surface area (Å²) < 4.78 is 12.4. The summed E-state index contributed by atoms with van der Waals surface area (Å²) in [6.45, 7) is 8.54. The quantitative estimate of drug-likeness (QED) is 0.432. The summed E-state index contributed by atoms with van der Waals surface area (Å²) in [6, 6.07) is 18.8.